The number of hydrogen-bond acceptors (Lipinski definition) is 4. The Balaban J connectivity index is 2.26. The van der Waals surface area contributed by atoms with Crippen molar-refractivity contribution in [2.24, 2.45) is 4.99 Å². The minimum atomic E-state index is 0.225. The van der Waals surface area contributed by atoms with E-state index in [1.54, 1.807) is 7.11 Å². The van der Waals surface area contributed by atoms with Crippen LogP contribution in [0.25, 0.3) is 0 Å². The Morgan fingerprint density at radius 3 is 2.59 bits per heavy atom. The summed E-state index contributed by atoms with van der Waals surface area (Å²) in [5, 5.41) is 7.02. The molecule has 130 valence electrons. The van der Waals surface area contributed by atoms with Crippen LogP contribution >= 0.6 is 11.8 Å². The lowest BCUT2D eigenvalue weighted by molar-refractivity contribution is 0.155. The molecule has 0 atom stereocenters. The Hall–Kier alpha value is -0.460. The summed E-state index contributed by atoms with van der Waals surface area (Å²) in [7, 11) is 3.62. The number of thioether (sulfide) groups is 1. The number of ether oxygens (including phenoxy) is 1. The molecule has 0 unspecified atom stereocenters. The average Bonchev–Trinajstić information content (AvgIpc) is 2.53. The van der Waals surface area contributed by atoms with Crippen LogP contribution in [0.5, 0.6) is 0 Å². The molecule has 0 saturated carbocycles. The van der Waals surface area contributed by atoms with E-state index in [0.29, 0.717) is 6.04 Å². The first kappa shape index (κ1) is 19.6. The Bertz CT molecular complexity index is 328. The molecule has 0 spiro atoms. The van der Waals surface area contributed by atoms with Crippen molar-refractivity contribution in [2.45, 2.75) is 43.9 Å². The maximum Gasteiger partial charge on any atom is 0.191 e. The van der Waals surface area contributed by atoms with Crippen LogP contribution in [0.2, 0.25) is 0 Å². The van der Waals surface area contributed by atoms with E-state index in [1.165, 1.54) is 12.8 Å². The summed E-state index contributed by atoms with van der Waals surface area (Å²) >= 11 is 1.87. The van der Waals surface area contributed by atoms with Crippen molar-refractivity contribution in [2.75, 3.05) is 53.2 Å². The molecule has 1 heterocycles. The second-order valence-electron chi connectivity index (χ2n) is 6.50. The molecule has 0 aliphatic carbocycles. The van der Waals surface area contributed by atoms with Crippen molar-refractivity contribution in [3.63, 3.8) is 0 Å². The van der Waals surface area contributed by atoms with Crippen LogP contribution in [0, 0.1) is 0 Å². The Labute approximate surface area is 140 Å². The van der Waals surface area contributed by atoms with Crippen LogP contribution < -0.4 is 10.6 Å². The third-order valence-electron chi connectivity index (χ3n) is 4.21. The number of piperidine rings is 1. The van der Waals surface area contributed by atoms with Gasteiger partial charge in [0.15, 0.2) is 5.96 Å². The van der Waals surface area contributed by atoms with E-state index in [0.717, 1.165) is 45.2 Å². The van der Waals surface area contributed by atoms with Crippen molar-refractivity contribution >= 4 is 17.7 Å². The Kier molecular flexibility index (Phi) is 9.21. The number of aliphatic imine (C=N–C) groups is 1. The van der Waals surface area contributed by atoms with E-state index >= 15 is 0 Å². The van der Waals surface area contributed by atoms with Gasteiger partial charge in [-0.15, -0.1) is 0 Å². The smallest absolute Gasteiger partial charge is 0.191 e. The van der Waals surface area contributed by atoms with E-state index < -0.39 is 0 Å². The van der Waals surface area contributed by atoms with Gasteiger partial charge >= 0.3 is 0 Å². The monoisotopic (exact) mass is 330 g/mol. The summed E-state index contributed by atoms with van der Waals surface area (Å²) in [6, 6.07) is 0.530. The summed E-state index contributed by atoms with van der Waals surface area (Å²) in [5.74, 6) is 0.931. The van der Waals surface area contributed by atoms with E-state index in [-0.39, 0.29) is 4.75 Å². The number of rotatable bonds is 8. The van der Waals surface area contributed by atoms with Gasteiger partial charge < -0.3 is 20.3 Å². The van der Waals surface area contributed by atoms with Crippen LogP contribution in [-0.2, 0) is 4.74 Å². The van der Waals surface area contributed by atoms with Gasteiger partial charge in [0.1, 0.15) is 0 Å². The van der Waals surface area contributed by atoms with E-state index in [9.17, 15) is 0 Å². The Morgan fingerprint density at radius 2 is 2.05 bits per heavy atom. The largest absolute Gasteiger partial charge is 0.385 e. The summed E-state index contributed by atoms with van der Waals surface area (Å²) in [4.78, 5) is 6.89. The third-order valence-corrected chi connectivity index (χ3v) is 5.46. The summed E-state index contributed by atoms with van der Waals surface area (Å²) in [6.07, 6.45) is 5.64. The van der Waals surface area contributed by atoms with Crippen LogP contribution in [0.3, 0.4) is 0 Å². The second-order valence-corrected chi connectivity index (χ2v) is 8.01. The fourth-order valence-corrected chi connectivity index (χ4v) is 2.71. The fraction of sp³-hybridized carbons (Fsp3) is 0.938. The summed E-state index contributed by atoms with van der Waals surface area (Å²) in [5.41, 5.74) is 0. The van der Waals surface area contributed by atoms with Gasteiger partial charge in [-0.05, 0) is 39.4 Å². The zero-order chi connectivity index (χ0) is 16.4. The number of likely N-dealkylation sites (tertiary alicyclic amines) is 1. The first-order valence-electron chi connectivity index (χ1n) is 8.24. The van der Waals surface area contributed by atoms with E-state index in [2.05, 4.69) is 40.6 Å². The van der Waals surface area contributed by atoms with Crippen LogP contribution in [-0.4, -0.2) is 74.8 Å². The van der Waals surface area contributed by atoms with E-state index in [1.807, 2.05) is 18.8 Å². The molecule has 0 aromatic rings. The quantitative estimate of drug-likeness (QED) is 0.404. The minimum absolute atomic E-state index is 0.225. The maximum absolute atomic E-state index is 5.12. The predicted molar refractivity (Wildman–Crippen MR) is 98.0 cm³/mol. The number of nitrogens with zero attached hydrogens (tertiary/aromatic N) is 2. The normalized spacial score (nSPS) is 18.5. The van der Waals surface area contributed by atoms with Crippen LogP contribution in [0.4, 0.5) is 0 Å². The van der Waals surface area contributed by atoms with E-state index in [4.69, 9.17) is 4.74 Å². The minimum Gasteiger partial charge on any atom is -0.385 e. The first-order valence-corrected chi connectivity index (χ1v) is 9.47. The first-order chi connectivity index (χ1) is 10.5. The molecule has 6 heteroatoms. The molecule has 5 nitrogen and oxygen atoms in total. The van der Waals surface area contributed by atoms with Gasteiger partial charge in [0, 0.05) is 57.7 Å². The molecule has 1 fully saturated rings. The number of nitrogens with one attached hydrogen (secondary N) is 2. The lowest BCUT2D eigenvalue weighted by atomic mass is 10.1. The van der Waals surface area contributed by atoms with Gasteiger partial charge in [0.25, 0.3) is 0 Å². The highest BCUT2D eigenvalue weighted by Crippen LogP contribution is 2.19. The zero-order valence-corrected chi connectivity index (χ0v) is 15.8. The van der Waals surface area contributed by atoms with Crippen molar-refractivity contribution < 1.29 is 4.74 Å². The van der Waals surface area contributed by atoms with Gasteiger partial charge in [-0.2, -0.15) is 11.8 Å². The molecule has 2 N–H and O–H groups in total. The third kappa shape index (κ3) is 7.70. The van der Waals surface area contributed by atoms with Gasteiger partial charge in [0.2, 0.25) is 0 Å². The number of hydrogen-bond donors (Lipinski definition) is 2. The molecule has 1 aliphatic rings. The van der Waals surface area contributed by atoms with Gasteiger partial charge in [-0.25, -0.2) is 0 Å². The fourth-order valence-electron chi connectivity index (χ4n) is 2.49. The topological polar surface area (TPSA) is 48.9 Å². The lowest BCUT2D eigenvalue weighted by Crippen LogP contribution is -2.50. The number of methoxy groups -OCH3 is 1. The number of guanidine groups is 1. The lowest BCUT2D eigenvalue weighted by Gasteiger charge is -2.33. The van der Waals surface area contributed by atoms with Gasteiger partial charge in [0.05, 0.1) is 0 Å². The second kappa shape index (κ2) is 10.3. The molecule has 0 radical (unpaired) electrons. The molecule has 1 aliphatic heterocycles. The SMILES string of the molecule is CN=C(NCC(C)(C)SC)NC1CCN(CCCOC)CC1. The summed E-state index contributed by atoms with van der Waals surface area (Å²) < 4.78 is 5.34. The molecule has 22 heavy (non-hydrogen) atoms. The molecular formula is C16H34N4OS. The van der Waals surface area contributed by atoms with Gasteiger partial charge in [-0.1, -0.05) is 0 Å². The highest BCUT2D eigenvalue weighted by molar-refractivity contribution is 7.99. The zero-order valence-electron chi connectivity index (χ0n) is 14.9. The maximum atomic E-state index is 5.12. The van der Waals surface area contributed by atoms with Crippen molar-refractivity contribution in [1.82, 2.24) is 15.5 Å². The molecule has 0 bridgehead atoms. The van der Waals surface area contributed by atoms with Crippen molar-refractivity contribution in [1.29, 1.82) is 0 Å². The standard InChI is InChI=1S/C16H34N4OS/c1-16(2,22-5)13-18-15(17-3)19-14-7-10-20(11-8-14)9-6-12-21-4/h14H,6-13H2,1-5H3,(H2,17,18,19). The van der Waals surface area contributed by atoms with Gasteiger partial charge in [-0.3, -0.25) is 4.99 Å². The molecule has 0 aromatic heterocycles. The molecule has 1 rings (SSSR count). The highest BCUT2D eigenvalue weighted by atomic mass is 32.2. The van der Waals surface area contributed by atoms with Crippen LogP contribution in [0.1, 0.15) is 33.1 Å². The Morgan fingerprint density at radius 1 is 1.36 bits per heavy atom. The highest BCUT2D eigenvalue weighted by Gasteiger charge is 2.21. The molecule has 1 saturated heterocycles. The van der Waals surface area contributed by atoms with Crippen molar-refractivity contribution in [3.8, 4) is 0 Å². The molecular weight excluding hydrogens is 296 g/mol. The van der Waals surface area contributed by atoms with Crippen molar-refractivity contribution in [3.05, 3.63) is 0 Å². The molecule has 0 amide bonds. The predicted octanol–water partition coefficient (Wildman–Crippen LogP) is 1.79. The van der Waals surface area contributed by atoms with Crippen LogP contribution in [0.15, 0.2) is 4.99 Å². The average molecular weight is 331 g/mol. The summed E-state index contributed by atoms with van der Waals surface area (Å²) in [6.45, 7) is 9.75. The molecule has 0 aromatic carbocycles.